The minimum Gasteiger partial charge on any atom is -0.338 e. The van der Waals surface area contributed by atoms with Crippen LogP contribution in [0.15, 0.2) is 18.5 Å². The van der Waals surface area contributed by atoms with Gasteiger partial charge in [-0.1, -0.05) is 6.92 Å². The van der Waals surface area contributed by atoms with Crippen LogP contribution in [0.25, 0.3) is 10.8 Å². The van der Waals surface area contributed by atoms with Crippen LogP contribution in [0.1, 0.15) is 35.1 Å². The Labute approximate surface area is 158 Å². The summed E-state index contributed by atoms with van der Waals surface area (Å²) in [5.41, 5.74) is 0.766. The first kappa shape index (κ1) is 19.8. The first-order chi connectivity index (χ1) is 11.7. The number of piperidine rings is 1. The molecular formula is C17H24ClN5OS. The molecule has 0 saturated carbocycles. The van der Waals surface area contributed by atoms with Gasteiger partial charge < -0.3 is 10.2 Å². The van der Waals surface area contributed by atoms with Gasteiger partial charge in [-0.05, 0) is 44.8 Å². The number of halogens is 1. The maximum absolute atomic E-state index is 12.8. The highest BCUT2D eigenvalue weighted by Gasteiger charge is 2.26. The zero-order chi connectivity index (χ0) is 16.9. The van der Waals surface area contributed by atoms with Crippen LogP contribution in [-0.2, 0) is 0 Å². The van der Waals surface area contributed by atoms with Crippen LogP contribution in [0, 0.1) is 12.8 Å². The molecule has 136 valence electrons. The second-order valence-corrected chi connectivity index (χ2v) is 7.05. The van der Waals surface area contributed by atoms with Crippen LogP contribution in [-0.4, -0.2) is 51.9 Å². The number of rotatable bonds is 5. The normalized spacial score (nSPS) is 15.0. The van der Waals surface area contributed by atoms with Gasteiger partial charge in [-0.2, -0.15) is 0 Å². The first-order valence-electron chi connectivity index (χ1n) is 8.43. The summed E-state index contributed by atoms with van der Waals surface area (Å²) in [7, 11) is 0. The molecule has 3 heterocycles. The van der Waals surface area contributed by atoms with Crippen molar-refractivity contribution in [2.75, 3.05) is 26.2 Å². The molecule has 1 N–H and O–H groups in total. The lowest BCUT2D eigenvalue weighted by Crippen LogP contribution is -2.40. The average Bonchev–Trinajstić information content (AvgIpc) is 3.02. The van der Waals surface area contributed by atoms with Gasteiger partial charge in [-0.15, -0.1) is 23.7 Å². The second kappa shape index (κ2) is 9.22. The number of likely N-dealkylation sites (tertiary alicyclic amines) is 1. The minimum atomic E-state index is 0. The van der Waals surface area contributed by atoms with E-state index in [9.17, 15) is 4.79 Å². The van der Waals surface area contributed by atoms with Gasteiger partial charge >= 0.3 is 0 Å². The quantitative estimate of drug-likeness (QED) is 0.862. The monoisotopic (exact) mass is 381 g/mol. The zero-order valence-electron chi connectivity index (χ0n) is 14.6. The van der Waals surface area contributed by atoms with Gasteiger partial charge in [0.2, 0.25) is 0 Å². The van der Waals surface area contributed by atoms with Gasteiger partial charge in [0.15, 0.2) is 10.8 Å². The summed E-state index contributed by atoms with van der Waals surface area (Å²) in [6, 6.07) is 1.77. The predicted octanol–water partition coefficient (Wildman–Crippen LogP) is 2.79. The number of nitrogens with zero attached hydrogens (tertiary/aromatic N) is 4. The summed E-state index contributed by atoms with van der Waals surface area (Å²) in [6.45, 7) is 7.71. The fourth-order valence-electron chi connectivity index (χ4n) is 2.93. The van der Waals surface area contributed by atoms with Crippen molar-refractivity contribution in [3.8, 4) is 10.8 Å². The van der Waals surface area contributed by atoms with Crippen LogP contribution in [0.4, 0.5) is 0 Å². The number of hydrogen-bond donors (Lipinski definition) is 1. The van der Waals surface area contributed by atoms with Gasteiger partial charge in [-0.3, -0.25) is 4.79 Å². The van der Waals surface area contributed by atoms with Crippen molar-refractivity contribution in [3.63, 3.8) is 0 Å². The number of amides is 1. The summed E-state index contributed by atoms with van der Waals surface area (Å²) in [6.07, 6.45) is 5.50. The average molecular weight is 382 g/mol. The zero-order valence-corrected chi connectivity index (χ0v) is 16.2. The van der Waals surface area contributed by atoms with Crippen molar-refractivity contribution in [1.82, 2.24) is 25.2 Å². The van der Waals surface area contributed by atoms with Crippen LogP contribution in [0.5, 0.6) is 0 Å². The van der Waals surface area contributed by atoms with Crippen molar-refractivity contribution in [1.29, 1.82) is 0 Å². The lowest BCUT2D eigenvalue weighted by molar-refractivity contribution is 0.0694. The number of aryl methyl sites for hydroxylation is 1. The van der Waals surface area contributed by atoms with Crippen molar-refractivity contribution >= 4 is 29.7 Å². The molecule has 1 fully saturated rings. The third-order valence-corrected chi connectivity index (χ3v) is 5.47. The second-order valence-electron chi connectivity index (χ2n) is 6.05. The standard InChI is InChI=1S/C17H23N5OS.ClH/c1-3-18-11-13-5-9-22(10-6-13)17(23)14-12(2)21-16(24-14)15-19-7-4-8-20-15;/h4,7-8,13,18H,3,5-6,9-11H2,1-2H3;1H. The van der Waals surface area contributed by atoms with E-state index < -0.39 is 0 Å². The highest BCUT2D eigenvalue weighted by Crippen LogP contribution is 2.27. The molecule has 8 heteroatoms. The summed E-state index contributed by atoms with van der Waals surface area (Å²) < 4.78 is 0. The summed E-state index contributed by atoms with van der Waals surface area (Å²) in [5, 5.41) is 4.11. The molecule has 2 aromatic heterocycles. The molecule has 2 aromatic rings. The maximum Gasteiger partial charge on any atom is 0.265 e. The number of hydrogen-bond acceptors (Lipinski definition) is 6. The Hall–Kier alpha value is -1.57. The Bertz CT molecular complexity index is 686. The van der Waals surface area contributed by atoms with Gasteiger partial charge in [-0.25, -0.2) is 15.0 Å². The largest absolute Gasteiger partial charge is 0.338 e. The highest BCUT2D eigenvalue weighted by molar-refractivity contribution is 7.17. The molecular weight excluding hydrogens is 358 g/mol. The van der Waals surface area contributed by atoms with Crippen LogP contribution in [0.3, 0.4) is 0 Å². The smallest absolute Gasteiger partial charge is 0.265 e. The number of carbonyl (C=O) groups is 1. The van der Waals surface area contributed by atoms with Gasteiger partial charge in [0, 0.05) is 25.5 Å². The molecule has 0 unspecified atom stereocenters. The molecule has 1 saturated heterocycles. The van der Waals surface area contributed by atoms with E-state index in [1.54, 1.807) is 18.5 Å². The molecule has 0 bridgehead atoms. The summed E-state index contributed by atoms with van der Waals surface area (Å²) in [4.78, 5) is 28.4. The molecule has 0 atom stereocenters. The predicted molar refractivity (Wildman–Crippen MR) is 102 cm³/mol. The Balaban J connectivity index is 0.00000225. The molecule has 0 aromatic carbocycles. The molecule has 0 aliphatic carbocycles. The lowest BCUT2D eigenvalue weighted by atomic mass is 9.96. The van der Waals surface area contributed by atoms with E-state index in [0.29, 0.717) is 21.6 Å². The number of nitrogens with one attached hydrogen (secondary N) is 1. The molecule has 3 rings (SSSR count). The highest BCUT2D eigenvalue weighted by atomic mass is 35.5. The molecule has 1 aliphatic rings. The molecule has 1 aliphatic heterocycles. The van der Waals surface area contributed by atoms with Crippen LogP contribution >= 0.6 is 23.7 Å². The third-order valence-electron chi connectivity index (χ3n) is 4.33. The summed E-state index contributed by atoms with van der Waals surface area (Å²) in [5.74, 6) is 1.34. The lowest BCUT2D eigenvalue weighted by Gasteiger charge is -2.31. The maximum atomic E-state index is 12.8. The molecule has 0 radical (unpaired) electrons. The van der Waals surface area contributed by atoms with E-state index in [1.165, 1.54) is 11.3 Å². The number of carbonyl (C=O) groups excluding carboxylic acids is 1. The van der Waals surface area contributed by atoms with Crippen molar-refractivity contribution in [2.45, 2.75) is 26.7 Å². The fourth-order valence-corrected chi connectivity index (χ4v) is 3.91. The SMILES string of the molecule is CCNCC1CCN(C(=O)c2sc(-c3ncccn3)nc2C)CC1.Cl. The van der Waals surface area contributed by atoms with E-state index in [4.69, 9.17) is 0 Å². The number of thiazole rings is 1. The van der Waals surface area contributed by atoms with Crippen molar-refractivity contribution in [2.24, 2.45) is 5.92 Å². The van der Waals surface area contributed by atoms with Crippen molar-refractivity contribution < 1.29 is 4.79 Å². The van der Waals surface area contributed by atoms with E-state index in [0.717, 1.165) is 44.7 Å². The van der Waals surface area contributed by atoms with E-state index in [1.807, 2.05) is 11.8 Å². The topological polar surface area (TPSA) is 71.0 Å². The molecule has 1 amide bonds. The van der Waals surface area contributed by atoms with Crippen molar-refractivity contribution in [3.05, 3.63) is 29.0 Å². The molecule has 0 spiro atoms. The number of aromatic nitrogens is 3. The van der Waals surface area contributed by atoms with Gasteiger partial charge in [0.25, 0.3) is 5.91 Å². The Morgan fingerprint density at radius 1 is 1.32 bits per heavy atom. The minimum absolute atomic E-state index is 0. The Morgan fingerprint density at radius 3 is 2.64 bits per heavy atom. The molecule has 6 nitrogen and oxygen atoms in total. The van der Waals surface area contributed by atoms with Gasteiger partial charge in [0.05, 0.1) is 5.69 Å². The van der Waals surface area contributed by atoms with E-state index in [2.05, 4.69) is 27.2 Å². The fraction of sp³-hybridized carbons (Fsp3) is 0.529. The third kappa shape index (κ3) is 4.74. The summed E-state index contributed by atoms with van der Waals surface area (Å²) >= 11 is 1.39. The van der Waals surface area contributed by atoms with E-state index in [-0.39, 0.29) is 18.3 Å². The van der Waals surface area contributed by atoms with Gasteiger partial charge in [0.1, 0.15) is 4.88 Å². The molecule has 25 heavy (non-hydrogen) atoms. The Morgan fingerprint density at radius 2 is 2.00 bits per heavy atom. The van der Waals surface area contributed by atoms with Crippen LogP contribution in [0.2, 0.25) is 0 Å². The first-order valence-corrected chi connectivity index (χ1v) is 9.25. The van der Waals surface area contributed by atoms with Crippen LogP contribution < -0.4 is 5.32 Å². The Kier molecular flexibility index (Phi) is 7.28. The van der Waals surface area contributed by atoms with E-state index >= 15 is 0 Å².